The van der Waals surface area contributed by atoms with Gasteiger partial charge in [0.1, 0.15) is 11.6 Å². The summed E-state index contributed by atoms with van der Waals surface area (Å²) in [5.41, 5.74) is 0.885. The first kappa shape index (κ1) is 15.5. The molecule has 1 aliphatic carbocycles. The lowest BCUT2D eigenvalue weighted by Gasteiger charge is -2.34. The molecule has 1 atom stereocenters. The topological polar surface area (TPSA) is 64.4 Å². The van der Waals surface area contributed by atoms with E-state index in [9.17, 15) is 9.18 Å². The summed E-state index contributed by atoms with van der Waals surface area (Å²) in [4.78, 5) is 11.1. The molecule has 1 N–H and O–H groups in total. The number of carbonyl (C=O) groups is 1. The van der Waals surface area contributed by atoms with Crippen molar-refractivity contribution >= 4 is 5.91 Å². The van der Waals surface area contributed by atoms with Crippen LogP contribution in [0.15, 0.2) is 34.9 Å². The summed E-state index contributed by atoms with van der Waals surface area (Å²) in [6.45, 7) is 3.32. The van der Waals surface area contributed by atoms with E-state index in [4.69, 9.17) is 9.26 Å². The highest BCUT2D eigenvalue weighted by molar-refractivity contribution is 5.73. The lowest BCUT2D eigenvalue weighted by atomic mass is 9.80. The maximum Gasteiger partial charge on any atom is 0.217 e. The van der Waals surface area contributed by atoms with Crippen molar-refractivity contribution in [2.24, 2.45) is 0 Å². The lowest BCUT2D eigenvalue weighted by molar-refractivity contribution is -0.119. The van der Waals surface area contributed by atoms with Gasteiger partial charge < -0.3 is 14.6 Å². The van der Waals surface area contributed by atoms with Crippen LogP contribution in [-0.4, -0.2) is 17.2 Å². The van der Waals surface area contributed by atoms with Gasteiger partial charge in [0.05, 0.1) is 17.8 Å². The SMILES string of the molecule is CC(=O)N[C@@H](C)c1cc(C2CC(Oc3ccc(F)cc3)C2)no1. The summed E-state index contributed by atoms with van der Waals surface area (Å²) in [5, 5.41) is 6.85. The van der Waals surface area contributed by atoms with Crippen molar-refractivity contribution in [2.75, 3.05) is 0 Å². The molecule has 0 radical (unpaired) electrons. The maximum atomic E-state index is 12.8. The first-order valence-electron chi connectivity index (χ1n) is 7.67. The molecule has 0 unspecified atom stereocenters. The molecule has 2 aromatic rings. The molecule has 23 heavy (non-hydrogen) atoms. The molecule has 1 fully saturated rings. The largest absolute Gasteiger partial charge is 0.490 e. The molecule has 1 saturated carbocycles. The van der Waals surface area contributed by atoms with Crippen LogP contribution in [-0.2, 0) is 4.79 Å². The highest BCUT2D eigenvalue weighted by Crippen LogP contribution is 2.39. The van der Waals surface area contributed by atoms with Crippen LogP contribution >= 0.6 is 0 Å². The van der Waals surface area contributed by atoms with E-state index in [-0.39, 0.29) is 23.9 Å². The Morgan fingerprint density at radius 2 is 2.09 bits per heavy atom. The van der Waals surface area contributed by atoms with E-state index in [1.807, 2.05) is 13.0 Å². The van der Waals surface area contributed by atoms with Gasteiger partial charge in [-0.05, 0) is 44.0 Å². The molecule has 1 aromatic heterocycles. The highest BCUT2D eigenvalue weighted by atomic mass is 19.1. The van der Waals surface area contributed by atoms with E-state index in [2.05, 4.69) is 10.5 Å². The minimum absolute atomic E-state index is 0.105. The Morgan fingerprint density at radius 3 is 2.74 bits per heavy atom. The zero-order valence-corrected chi connectivity index (χ0v) is 13.1. The van der Waals surface area contributed by atoms with Crippen LogP contribution in [0.3, 0.4) is 0 Å². The summed E-state index contributed by atoms with van der Waals surface area (Å²) in [5.74, 6) is 1.25. The number of ether oxygens (including phenoxy) is 1. The van der Waals surface area contributed by atoms with Crippen LogP contribution in [0.4, 0.5) is 4.39 Å². The Balaban J connectivity index is 1.52. The molecule has 6 heteroatoms. The third kappa shape index (κ3) is 3.70. The van der Waals surface area contributed by atoms with E-state index >= 15 is 0 Å². The Labute approximate surface area is 133 Å². The fourth-order valence-electron chi connectivity index (χ4n) is 2.69. The number of carbonyl (C=O) groups excluding carboxylic acids is 1. The molecule has 0 aliphatic heterocycles. The van der Waals surface area contributed by atoms with Crippen LogP contribution < -0.4 is 10.1 Å². The average molecular weight is 318 g/mol. The van der Waals surface area contributed by atoms with Crippen molar-refractivity contribution in [1.82, 2.24) is 10.5 Å². The average Bonchev–Trinajstić information content (AvgIpc) is 2.93. The number of nitrogens with one attached hydrogen (secondary N) is 1. The molecular formula is C17H19FN2O3. The molecule has 3 rings (SSSR count). The fourth-order valence-corrected chi connectivity index (χ4v) is 2.69. The molecule has 1 aliphatic rings. The number of rotatable bonds is 5. The van der Waals surface area contributed by atoms with Crippen molar-refractivity contribution in [3.8, 4) is 5.75 Å². The second-order valence-corrected chi connectivity index (χ2v) is 5.94. The van der Waals surface area contributed by atoms with Gasteiger partial charge in [0.25, 0.3) is 0 Å². The number of benzene rings is 1. The fraction of sp³-hybridized carbons (Fsp3) is 0.412. The van der Waals surface area contributed by atoms with Gasteiger partial charge in [-0.2, -0.15) is 0 Å². The standard InChI is InChI=1S/C17H19FN2O3/c1-10(19-11(2)21)17-9-16(20-23-17)12-7-15(8-12)22-14-5-3-13(18)4-6-14/h3-6,9-10,12,15H,7-8H2,1-2H3,(H,19,21)/t10-,12?,15?/m0/s1. The summed E-state index contributed by atoms with van der Waals surface area (Å²) >= 11 is 0. The van der Waals surface area contributed by atoms with Crippen LogP contribution in [0.1, 0.15) is 50.1 Å². The molecule has 122 valence electrons. The zero-order chi connectivity index (χ0) is 16.4. The van der Waals surface area contributed by atoms with Crippen LogP contribution in [0.25, 0.3) is 0 Å². The predicted molar refractivity (Wildman–Crippen MR) is 81.5 cm³/mol. The van der Waals surface area contributed by atoms with Crippen molar-refractivity contribution in [2.45, 2.75) is 44.8 Å². The van der Waals surface area contributed by atoms with Gasteiger partial charge in [-0.3, -0.25) is 4.79 Å². The minimum atomic E-state index is -0.271. The van der Waals surface area contributed by atoms with E-state index in [1.54, 1.807) is 12.1 Å². The van der Waals surface area contributed by atoms with Crippen LogP contribution in [0, 0.1) is 5.82 Å². The van der Waals surface area contributed by atoms with Crippen molar-refractivity contribution in [3.05, 3.63) is 47.6 Å². The molecule has 1 amide bonds. The van der Waals surface area contributed by atoms with Gasteiger partial charge in [0.15, 0.2) is 5.76 Å². The normalized spacial score (nSPS) is 21.3. The van der Waals surface area contributed by atoms with Crippen molar-refractivity contribution < 1.29 is 18.4 Å². The molecule has 0 spiro atoms. The molecule has 5 nitrogen and oxygen atoms in total. The van der Waals surface area contributed by atoms with E-state index < -0.39 is 0 Å². The monoisotopic (exact) mass is 318 g/mol. The van der Waals surface area contributed by atoms with Gasteiger partial charge in [-0.25, -0.2) is 4.39 Å². The van der Waals surface area contributed by atoms with Gasteiger partial charge in [0.2, 0.25) is 5.91 Å². The van der Waals surface area contributed by atoms with Gasteiger partial charge in [-0.15, -0.1) is 0 Å². The Hall–Kier alpha value is -2.37. The molecule has 1 aromatic carbocycles. The zero-order valence-electron chi connectivity index (χ0n) is 13.1. The van der Waals surface area contributed by atoms with Crippen molar-refractivity contribution in [1.29, 1.82) is 0 Å². The van der Waals surface area contributed by atoms with Crippen LogP contribution in [0.2, 0.25) is 0 Å². The lowest BCUT2D eigenvalue weighted by Crippen LogP contribution is -2.32. The predicted octanol–water partition coefficient (Wildman–Crippen LogP) is 3.34. The summed E-state index contributed by atoms with van der Waals surface area (Å²) in [6, 6.07) is 7.73. The second kappa shape index (κ2) is 6.40. The summed E-state index contributed by atoms with van der Waals surface area (Å²) < 4.78 is 23.9. The quantitative estimate of drug-likeness (QED) is 0.918. The maximum absolute atomic E-state index is 12.8. The first-order valence-corrected chi connectivity index (χ1v) is 7.67. The Bertz CT molecular complexity index is 677. The smallest absolute Gasteiger partial charge is 0.217 e. The summed E-state index contributed by atoms with van der Waals surface area (Å²) in [6.07, 6.45) is 1.80. The molecule has 0 saturated heterocycles. The van der Waals surface area contributed by atoms with Crippen LogP contribution in [0.5, 0.6) is 5.75 Å². The van der Waals surface area contributed by atoms with Gasteiger partial charge in [-0.1, -0.05) is 5.16 Å². The Morgan fingerprint density at radius 1 is 1.39 bits per heavy atom. The number of aromatic nitrogens is 1. The molecule has 0 bridgehead atoms. The third-order valence-electron chi connectivity index (χ3n) is 4.02. The molecular weight excluding hydrogens is 299 g/mol. The number of nitrogens with zero attached hydrogens (tertiary/aromatic N) is 1. The van der Waals surface area contributed by atoms with Crippen molar-refractivity contribution in [3.63, 3.8) is 0 Å². The van der Waals surface area contributed by atoms with E-state index in [1.165, 1.54) is 19.1 Å². The first-order chi connectivity index (χ1) is 11.0. The summed E-state index contributed by atoms with van der Waals surface area (Å²) in [7, 11) is 0. The number of hydrogen-bond donors (Lipinski definition) is 1. The number of amides is 1. The third-order valence-corrected chi connectivity index (χ3v) is 4.02. The number of halogens is 1. The van der Waals surface area contributed by atoms with Gasteiger partial charge in [0, 0.05) is 18.9 Å². The van der Waals surface area contributed by atoms with Gasteiger partial charge >= 0.3 is 0 Å². The van der Waals surface area contributed by atoms with E-state index in [0.717, 1.165) is 18.5 Å². The van der Waals surface area contributed by atoms with E-state index in [0.29, 0.717) is 17.4 Å². The Kier molecular flexibility index (Phi) is 4.32. The molecule has 1 heterocycles. The highest BCUT2D eigenvalue weighted by Gasteiger charge is 2.34. The minimum Gasteiger partial charge on any atom is -0.490 e. The second-order valence-electron chi connectivity index (χ2n) is 5.94. The number of hydrogen-bond acceptors (Lipinski definition) is 4.